The second-order valence-electron chi connectivity index (χ2n) is 25.9. The van der Waals surface area contributed by atoms with E-state index in [0.717, 1.165) is 122 Å². The van der Waals surface area contributed by atoms with Gasteiger partial charge in [0.25, 0.3) is 7.82 Å². The van der Waals surface area contributed by atoms with Gasteiger partial charge >= 0.3 is 11.9 Å². The van der Waals surface area contributed by atoms with E-state index in [1.807, 2.05) is 21.1 Å². The summed E-state index contributed by atoms with van der Waals surface area (Å²) in [6, 6.07) is 0. The van der Waals surface area contributed by atoms with E-state index in [4.69, 9.17) is 18.5 Å². The van der Waals surface area contributed by atoms with Crippen LogP contribution >= 0.6 is 7.82 Å². The van der Waals surface area contributed by atoms with Gasteiger partial charge in [0, 0.05) is 12.8 Å². The number of rotatable bonds is 68. The molecule has 0 aliphatic rings. The summed E-state index contributed by atoms with van der Waals surface area (Å²) in [4.78, 5) is 38.1. The van der Waals surface area contributed by atoms with Crippen molar-refractivity contribution in [2.75, 3.05) is 47.5 Å². The fourth-order valence-electron chi connectivity index (χ4n) is 10.1. The predicted molar refractivity (Wildman–Crippen MR) is 397 cm³/mol. The Morgan fingerprint density at radius 3 is 0.935 bits per heavy atom. The maximum Gasteiger partial charge on any atom is 0.306 e. The molecule has 0 fully saturated rings. The van der Waals surface area contributed by atoms with Gasteiger partial charge in [-0.05, 0) is 122 Å². The molecule has 9 nitrogen and oxygen atoms in total. The van der Waals surface area contributed by atoms with Crippen LogP contribution in [0.4, 0.5) is 0 Å². The van der Waals surface area contributed by atoms with Crippen LogP contribution in [0.1, 0.15) is 309 Å². The second kappa shape index (κ2) is 71.2. The molecule has 10 heteroatoms. The summed E-state index contributed by atoms with van der Waals surface area (Å²) < 4.78 is 34.3. The molecule has 0 amide bonds. The average Bonchev–Trinajstić information content (AvgIpc) is 2.14. The highest BCUT2D eigenvalue weighted by molar-refractivity contribution is 7.45. The van der Waals surface area contributed by atoms with Crippen molar-refractivity contribution in [3.05, 3.63) is 146 Å². The number of likely N-dealkylation sites (N-methyl/N-ethyl adjacent to an activating group) is 1. The highest BCUT2D eigenvalue weighted by Gasteiger charge is 2.22. The lowest BCUT2D eigenvalue weighted by Gasteiger charge is -2.28. The van der Waals surface area contributed by atoms with Gasteiger partial charge in [-0.3, -0.25) is 14.2 Å². The third-order valence-corrected chi connectivity index (χ3v) is 16.8. The minimum atomic E-state index is -4.66. The van der Waals surface area contributed by atoms with Gasteiger partial charge in [-0.25, -0.2) is 0 Å². The molecule has 0 aromatic rings. The highest BCUT2D eigenvalue weighted by atomic mass is 31.2. The number of hydrogen-bond acceptors (Lipinski definition) is 8. The number of ether oxygens (including phenoxy) is 2. The Labute approximate surface area is 567 Å². The SMILES string of the molecule is CC/C=C\C/C=C\C/C=C\C/C=C\C/C=C\C/C=C\C/C=C\C/C=C\C/C=C\C/C=C\C/C=C\CCCCCCCC(=O)OC(COC(=O)CCCCCCCCCCCCCCCCCCC/C=C\CCCCCCCCCC)COP(=O)([O-])OCC[N+](C)(C)C. The summed E-state index contributed by atoms with van der Waals surface area (Å²) >= 11 is 0. The zero-order valence-corrected chi connectivity index (χ0v) is 60.8. The molecule has 0 heterocycles. The minimum Gasteiger partial charge on any atom is -0.756 e. The van der Waals surface area contributed by atoms with Gasteiger partial charge in [-0.1, -0.05) is 320 Å². The van der Waals surface area contributed by atoms with E-state index in [9.17, 15) is 19.0 Å². The van der Waals surface area contributed by atoms with Gasteiger partial charge in [0.1, 0.15) is 19.8 Å². The first-order valence-corrected chi connectivity index (χ1v) is 39.0. The molecule has 0 aliphatic carbocycles. The van der Waals surface area contributed by atoms with Crippen LogP contribution in [-0.2, 0) is 32.7 Å². The number of esters is 2. The molecule has 526 valence electrons. The normalized spacial score (nSPS) is 13.9. The highest BCUT2D eigenvalue weighted by Crippen LogP contribution is 2.38. The number of phosphoric acid groups is 1. The Balaban J connectivity index is 4.12. The van der Waals surface area contributed by atoms with Crippen molar-refractivity contribution in [2.24, 2.45) is 0 Å². The maximum atomic E-state index is 12.9. The summed E-state index contributed by atoms with van der Waals surface area (Å²) in [5.74, 6) is -0.855. The molecular weight excluding hydrogens is 1160 g/mol. The van der Waals surface area contributed by atoms with Gasteiger partial charge in [0.2, 0.25) is 0 Å². The van der Waals surface area contributed by atoms with Crippen LogP contribution in [0.2, 0.25) is 0 Å². The fourth-order valence-corrected chi connectivity index (χ4v) is 10.9. The third kappa shape index (κ3) is 74.9. The Morgan fingerprint density at radius 1 is 0.348 bits per heavy atom. The predicted octanol–water partition coefficient (Wildman–Crippen LogP) is 24.3. The van der Waals surface area contributed by atoms with Crippen molar-refractivity contribution in [2.45, 2.75) is 315 Å². The van der Waals surface area contributed by atoms with Crippen molar-refractivity contribution >= 4 is 19.8 Å². The Morgan fingerprint density at radius 2 is 0.620 bits per heavy atom. The minimum absolute atomic E-state index is 0.0410. The van der Waals surface area contributed by atoms with Crippen LogP contribution in [0.25, 0.3) is 0 Å². The number of hydrogen-bond donors (Lipinski definition) is 0. The third-order valence-electron chi connectivity index (χ3n) is 15.8. The smallest absolute Gasteiger partial charge is 0.306 e. The number of carbonyl (C=O) groups excluding carboxylic acids is 2. The van der Waals surface area contributed by atoms with E-state index in [2.05, 4.69) is 160 Å². The van der Waals surface area contributed by atoms with Gasteiger partial charge < -0.3 is 27.9 Å². The van der Waals surface area contributed by atoms with E-state index >= 15 is 0 Å². The zero-order chi connectivity index (χ0) is 66.9. The largest absolute Gasteiger partial charge is 0.756 e. The topological polar surface area (TPSA) is 111 Å². The molecule has 0 saturated carbocycles. The standard InChI is InChI=1S/C82H140NO8P/c1-6-8-10-12-14-16-18-20-22-24-26-28-30-32-34-36-37-38-39-40-41-42-43-44-45-47-49-51-53-55-57-59-61-63-65-67-69-71-73-75-82(85)91-80(79-90-92(86,87)89-77-76-83(3,4)5)78-88-81(84)74-72-70-68-66-64-62-60-58-56-54-52-50-48-46-35-33-31-29-27-25-23-21-19-17-15-13-11-9-7-2/h8,10,14,16,20,22,25-28,32,34,37-38,40-41,43-44,47,49,53,55,59,61,80H,6-7,9,11-13,15,17-19,21,23-24,29-31,33,35-36,39,42,45-46,48,50-52,54,56-58,60,62-79H2,1-5H3/b10-8-,16-14-,22-20-,27-25-,28-26-,34-32-,38-37-,41-40-,44-43-,49-47-,55-53-,61-59-. The molecule has 0 aromatic heterocycles. The Hall–Kier alpha value is -4.11. The van der Waals surface area contributed by atoms with E-state index in [0.29, 0.717) is 17.4 Å². The lowest BCUT2D eigenvalue weighted by atomic mass is 10.0. The van der Waals surface area contributed by atoms with Gasteiger partial charge in [0.05, 0.1) is 27.7 Å². The van der Waals surface area contributed by atoms with Gasteiger partial charge in [0.15, 0.2) is 6.10 Å². The molecule has 0 bridgehead atoms. The second-order valence-corrected chi connectivity index (χ2v) is 27.3. The molecule has 2 unspecified atom stereocenters. The first-order chi connectivity index (χ1) is 45.0. The Kier molecular flexibility index (Phi) is 68.0. The van der Waals surface area contributed by atoms with E-state index in [1.165, 1.54) is 154 Å². The molecule has 0 aromatic carbocycles. The molecule has 0 N–H and O–H groups in total. The van der Waals surface area contributed by atoms with Crippen LogP contribution in [0.3, 0.4) is 0 Å². The maximum absolute atomic E-state index is 12.9. The molecule has 0 radical (unpaired) electrons. The molecular formula is C82H140NO8P. The number of unbranched alkanes of at least 4 members (excludes halogenated alkanes) is 30. The monoisotopic (exact) mass is 1300 g/mol. The fraction of sp³-hybridized carbons (Fsp3) is 0.683. The quantitative estimate of drug-likeness (QED) is 0.0195. The zero-order valence-electron chi connectivity index (χ0n) is 59.9. The summed E-state index contributed by atoms with van der Waals surface area (Å²) in [7, 11) is 1.14. The van der Waals surface area contributed by atoms with Gasteiger partial charge in [-0.15, -0.1) is 0 Å². The number of carbonyl (C=O) groups is 2. The van der Waals surface area contributed by atoms with Crippen molar-refractivity contribution in [1.29, 1.82) is 0 Å². The number of quaternary nitrogens is 1. The van der Waals surface area contributed by atoms with Crippen molar-refractivity contribution in [3.63, 3.8) is 0 Å². The molecule has 2 atom stereocenters. The molecule has 0 spiro atoms. The van der Waals surface area contributed by atoms with E-state index in [1.54, 1.807) is 0 Å². The number of nitrogens with zero attached hydrogens (tertiary/aromatic N) is 1. The van der Waals surface area contributed by atoms with Crippen LogP contribution in [0.5, 0.6) is 0 Å². The summed E-state index contributed by atoms with van der Waals surface area (Å²) in [6.45, 7) is 4.12. The van der Waals surface area contributed by atoms with Crippen molar-refractivity contribution in [1.82, 2.24) is 0 Å². The van der Waals surface area contributed by atoms with Crippen LogP contribution < -0.4 is 4.89 Å². The van der Waals surface area contributed by atoms with Gasteiger partial charge in [-0.2, -0.15) is 0 Å². The summed E-state index contributed by atoms with van der Waals surface area (Å²) in [6.07, 6.45) is 105. The first kappa shape index (κ1) is 87.9. The van der Waals surface area contributed by atoms with E-state index in [-0.39, 0.29) is 32.0 Å². The first-order valence-electron chi connectivity index (χ1n) is 37.5. The van der Waals surface area contributed by atoms with Crippen molar-refractivity contribution in [3.8, 4) is 0 Å². The summed E-state index contributed by atoms with van der Waals surface area (Å²) in [5.41, 5.74) is 0. The summed E-state index contributed by atoms with van der Waals surface area (Å²) in [5, 5.41) is 0. The lowest BCUT2D eigenvalue weighted by Crippen LogP contribution is -2.37. The molecule has 0 rings (SSSR count). The van der Waals surface area contributed by atoms with Crippen LogP contribution in [-0.4, -0.2) is 70.0 Å². The number of phosphoric ester groups is 1. The molecule has 0 saturated heterocycles. The van der Waals surface area contributed by atoms with Crippen molar-refractivity contribution < 1.29 is 42.1 Å². The van der Waals surface area contributed by atoms with Crippen LogP contribution in [0, 0.1) is 0 Å². The molecule has 0 aliphatic heterocycles. The molecule has 92 heavy (non-hydrogen) atoms. The average molecular weight is 1300 g/mol. The number of allylic oxidation sites excluding steroid dienone is 24. The van der Waals surface area contributed by atoms with Crippen LogP contribution in [0.15, 0.2) is 146 Å². The Bertz CT molecular complexity index is 2070. The lowest BCUT2D eigenvalue weighted by molar-refractivity contribution is -0.870. The van der Waals surface area contributed by atoms with E-state index < -0.39 is 26.5 Å².